The van der Waals surface area contributed by atoms with Crippen LogP contribution >= 0.6 is 0 Å². The molecule has 0 aliphatic heterocycles. The first-order chi connectivity index (χ1) is 10.7. The van der Waals surface area contributed by atoms with Crippen LogP contribution < -0.4 is 0 Å². The lowest BCUT2D eigenvalue weighted by atomic mass is 9.65. The second kappa shape index (κ2) is 5.40. The SMILES string of the molecule is CC(C)(C)c1cc2c(c(C(C)(C)C)c1C(C)(C)C)C(=O)C=CC2=O. The molecule has 0 bridgehead atoms. The summed E-state index contributed by atoms with van der Waals surface area (Å²) in [6.45, 7) is 19.4. The summed E-state index contributed by atoms with van der Waals surface area (Å²) in [4.78, 5) is 25.2. The lowest BCUT2D eigenvalue weighted by molar-refractivity contribution is 0.0992. The smallest absolute Gasteiger partial charge is 0.187 e. The molecule has 0 aromatic heterocycles. The Balaban J connectivity index is 3.12. The number of ketones is 2. The van der Waals surface area contributed by atoms with E-state index in [9.17, 15) is 9.59 Å². The summed E-state index contributed by atoms with van der Waals surface area (Å²) >= 11 is 0. The van der Waals surface area contributed by atoms with Crippen LogP contribution in [0, 0.1) is 0 Å². The van der Waals surface area contributed by atoms with Gasteiger partial charge >= 0.3 is 0 Å². The van der Waals surface area contributed by atoms with Crippen LogP contribution in [-0.2, 0) is 16.2 Å². The number of rotatable bonds is 0. The van der Waals surface area contributed by atoms with Crippen LogP contribution in [0.4, 0.5) is 0 Å². The van der Waals surface area contributed by atoms with Gasteiger partial charge in [0.15, 0.2) is 11.6 Å². The molecule has 2 rings (SSSR count). The van der Waals surface area contributed by atoms with E-state index in [0.717, 1.165) is 11.1 Å². The number of fused-ring (bicyclic) bond motifs is 1. The van der Waals surface area contributed by atoms with Gasteiger partial charge in [0, 0.05) is 11.1 Å². The Hall–Kier alpha value is -1.70. The Morgan fingerprint density at radius 2 is 1.08 bits per heavy atom. The van der Waals surface area contributed by atoms with Crippen molar-refractivity contribution in [3.05, 3.63) is 46.0 Å². The van der Waals surface area contributed by atoms with Gasteiger partial charge in [-0.25, -0.2) is 0 Å². The zero-order valence-electron chi connectivity index (χ0n) is 16.5. The third-order valence-electron chi connectivity index (χ3n) is 4.53. The van der Waals surface area contributed by atoms with Gasteiger partial charge in [0.25, 0.3) is 0 Å². The molecule has 0 fully saturated rings. The molecule has 0 N–H and O–H groups in total. The summed E-state index contributed by atoms with van der Waals surface area (Å²) < 4.78 is 0. The fraction of sp³-hybridized carbons (Fsp3) is 0.545. The Kier molecular flexibility index (Phi) is 4.20. The Morgan fingerprint density at radius 3 is 1.50 bits per heavy atom. The number of hydrogen-bond donors (Lipinski definition) is 0. The van der Waals surface area contributed by atoms with E-state index in [0.29, 0.717) is 11.1 Å². The number of carbonyl (C=O) groups excluding carboxylic acids is 2. The number of hydrogen-bond acceptors (Lipinski definition) is 2. The van der Waals surface area contributed by atoms with Gasteiger partial charge in [-0.1, -0.05) is 62.3 Å². The number of benzene rings is 1. The minimum Gasteiger partial charge on any atom is -0.289 e. The van der Waals surface area contributed by atoms with Crippen molar-refractivity contribution < 1.29 is 9.59 Å². The first kappa shape index (κ1) is 18.6. The Morgan fingerprint density at radius 1 is 0.625 bits per heavy atom. The van der Waals surface area contributed by atoms with Gasteiger partial charge in [-0.05, 0) is 51.2 Å². The first-order valence-corrected chi connectivity index (χ1v) is 8.65. The summed E-state index contributed by atoms with van der Waals surface area (Å²) in [6, 6.07) is 1.97. The minimum atomic E-state index is -0.227. The van der Waals surface area contributed by atoms with Gasteiger partial charge in [-0.2, -0.15) is 0 Å². The fourth-order valence-corrected chi connectivity index (χ4v) is 3.58. The normalized spacial score (nSPS) is 15.7. The van der Waals surface area contributed by atoms with Crippen molar-refractivity contribution >= 4 is 11.6 Å². The monoisotopic (exact) mass is 326 g/mol. The predicted molar refractivity (Wildman–Crippen MR) is 100 cm³/mol. The van der Waals surface area contributed by atoms with Crippen LogP contribution in [0.2, 0.25) is 0 Å². The maximum atomic E-state index is 12.7. The van der Waals surface area contributed by atoms with Gasteiger partial charge < -0.3 is 0 Å². The number of allylic oxidation sites excluding steroid dienone is 2. The summed E-state index contributed by atoms with van der Waals surface area (Å²) in [7, 11) is 0. The van der Waals surface area contributed by atoms with Gasteiger partial charge in [0.1, 0.15) is 0 Å². The van der Waals surface area contributed by atoms with Crippen molar-refractivity contribution in [3.8, 4) is 0 Å². The van der Waals surface area contributed by atoms with Gasteiger partial charge in [-0.3, -0.25) is 9.59 Å². The number of carbonyl (C=O) groups is 2. The molecule has 1 aromatic rings. The Labute approximate surface area is 146 Å². The molecule has 0 saturated heterocycles. The second-order valence-corrected chi connectivity index (χ2v) is 9.91. The summed E-state index contributed by atoms with van der Waals surface area (Å²) in [6.07, 6.45) is 2.82. The molecule has 24 heavy (non-hydrogen) atoms. The molecule has 0 heterocycles. The molecular weight excluding hydrogens is 296 g/mol. The average Bonchev–Trinajstić information content (AvgIpc) is 2.37. The van der Waals surface area contributed by atoms with E-state index >= 15 is 0 Å². The zero-order valence-corrected chi connectivity index (χ0v) is 16.5. The van der Waals surface area contributed by atoms with Crippen molar-refractivity contribution in [2.24, 2.45) is 0 Å². The molecule has 2 heteroatoms. The minimum absolute atomic E-state index is 0.0551. The molecule has 130 valence electrons. The van der Waals surface area contributed by atoms with Crippen LogP contribution in [0.5, 0.6) is 0 Å². The first-order valence-electron chi connectivity index (χ1n) is 8.65. The largest absolute Gasteiger partial charge is 0.289 e. The average molecular weight is 326 g/mol. The fourth-order valence-electron chi connectivity index (χ4n) is 3.58. The molecule has 1 aliphatic rings. The standard InChI is InChI=1S/C22H30O2/c1-20(2,3)14-12-13-15(23)10-11-16(24)17(13)19(22(7,8)9)18(14)21(4,5)6/h10-12H,1-9H3. The quantitative estimate of drug-likeness (QED) is 0.629. The van der Waals surface area contributed by atoms with Crippen molar-refractivity contribution in [1.82, 2.24) is 0 Å². The molecule has 0 saturated carbocycles. The highest BCUT2D eigenvalue weighted by molar-refractivity contribution is 6.23. The second-order valence-electron chi connectivity index (χ2n) is 9.91. The molecule has 0 radical (unpaired) electrons. The van der Waals surface area contributed by atoms with Gasteiger partial charge in [-0.15, -0.1) is 0 Å². The van der Waals surface area contributed by atoms with Crippen LogP contribution in [-0.4, -0.2) is 11.6 Å². The third kappa shape index (κ3) is 3.11. The predicted octanol–water partition coefficient (Wildman–Crippen LogP) is 5.51. The van der Waals surface area contributed by atoms with E-state index in [1.807, 2.05) is 6.07 Å². The highest BCUT2D eigenvalue weighted by Gasteiger charge is 2.38. The van der Waals surface area contributed by atoms with Crippen molar-refractivity contribution in [2.45, 2.75) is 78.6 Å². The zero-order chi connectivity index (χ0) is 18.7. The van der Waals surface area contributed by atoms with E-state index in [2.05, 4.69) is 62.3 Å². The van der Waals surface area contributed by atoms with E-state index in [1.165, 1.54) is 17.7 Å². The third-order valence-corrected chi connectivity index (χ3v) is 4.53. The van der Waals surface area contributed by atoms with Crippen LogP contribution in [0.25, 0.3) is 0 Å². The molecule has 0 atom stereocenters. The molecule has 0 unspecified atom stereocenters. The maximum Gasteiger partial charge on any atom is 0.187 e. The highest BCUT2D eigenvalue weighted by atomic mass is 16.1. The van der Waals surface area contributed by atoms with Crippen LogP contribution in [0.3, 0.4) is 0 Å². The van der Waals surface area contributed by atoms with Crippen molar-refractivity contribution in [1.29, 1.82) is 0 Å². The van der Waals surface area contributed by atoms with E-state index in [4.69, 9.17) is 0 Å². The van der Waals surface area contributed by atoms with Gasteiger partial charge in [0.2, 0.25) is 0 Å². The molecule has 1 aliphatic carbocycles. The summed E-state index contributed by atoms with van der Waals surface area (Å²) in [5.74, 6) is -0.124. The van der Waals surface area contributed by atoms with Crippen LogP contribution in [0.15, 0.2) is 18.2 Å². The lowest BCUT2D eigenvalue weighted by Crippen LogP contribution is -2.32. The Bertz CT molecular complexity index is 742. The summed E-state index contributed by atoms with van der Waals surface area (Å²) in [5.41, 5.74) is 4.10. The maximum absolute atomic E-state index is 12.7. The molecule has 0 amide bonds. The van der Waals surface area contributed by atoms with Gasteiger partial charge in [0.05, 0.1) is 0 Å². The van der Waals surface area contributed by atoms with Crippen LogP contribution in [0.1, 0.15) is 99.7 Å². The summed E-state index contributed by atoms with van der Waals surface area (Å²) in [5, 5.41) is 0. The van der Waals surface area contributed by atoms with E-state index in [1.54, 1.807) is 0 Å². The molecule has 1 aromatic carbocycles. The van der Waals surface area contributed by atoms with E-state index < -0.39 is 0 Å². The highest BCUT2D eigenvalue weighted by Crippen LogP contribution is 2.44. The van der Waals surface area contributed by atoms with Crippen molar-refractivity contribution in [3.63, 3.8) is 0 Å². The van der Waals surface area contributed by atoms with Crippen molar-refractivity contribution in [2.75, 3.05) is 0 Å². The molecule has 2 nitrogen and oxygen atoms in total. The lowest BCUT2D eigenvalue weighted by Gasteiger charge is -2.38. The molecule has 0 spiro atoms. The van der Waals surface area contributed by atoms with E-state index in [-0.39, 0.29) is 27.8 Å². The molecular formula is C22H30O2. The topological polar surface area (TPSA) is 34.1 Å².